The standard InChI is InChI=1S/C23H27N5OS/c29-23(24-18-11-5-2-1-3-6-12-18)20-15-9-10-16-21(20)30-17-22-25-26-27-28(22)19-13-7-4-8-14-19/h4,7-10,13-16,18H,1-3,5-6,11-12,17H2,(H,24,29). The zero-order chi connectivity index (χ0) is 20.6. The van der Waals surface area contributed by atoms with Crippen LogP contribution in [0.15, 0.2) is 59.5 Å². The molecule has 1 heterocycles. The number of benzene rings is 2. The van der Waals surface area contributed by atoms with Gasteiger partial charge in [-0.1, -0.05) is 62.4 Å². The van der Waals surface area contributed by atoms with Gasteiger partial charge in [0.2, 0.25) is 0 Å². The van der Waals surface area contributed by atoms with Gasteiger partial charge in [0.15, 0.2) is 5.82 Å². The maximum atomic E-state index is 13.0. The highest BCUT2D eigenvalue weighted by molar-refractivity contribution is 7.98. The van der Waals surface area contributed by atoms with Crippen LogP contribution >= 0.6 is 11.8 Å². The second-order valence-corrected chi connectivity index (χ2v) is 8.66. The van der Waals surface area contributed by atoms with Crippen molar-refractivity contribution in [2.45, 2.75) is 61.6 Å². The summed E-state index contributed by atoms with van der Waals surface area (Å²) in [6.45, 7) is 0. The molecule has 1 aromatic heterocycles. The van der Waals surface area contributed by atoms with Crippen molar-refractivity contribution in [2.75, 3.05) is 0 Å². The zero-order valence-electron chi connectivity index (χ0n) is 17.0. The first kappa shape index (κ1) is 20.6. The predicted octanol–water partition coefficient (Wildman–Crippen LogP) is 4.80. The maximum Gasteiger partial charge on any atom is 0.252 e. The third-order valence-corrected chi connectivity index (χ3v) is 6.53. The lowest BCUT2D eigenvalue weighted by Gasteiger charge is -2.21. The van der Waals surface area contributed by atoms with Crippen molar-refractivity contribution >= 4 is 17.7 Å². The Morgan fingerprint density at radius 3 is 2.47 bits per heavy atom. The number of carbonyl (C=O) groups is 1. The Balaban J connectivity index is 1.44. The maximum absolute atomic E-state index is 13.0. The molecule has 156 valence electrons. The SMILES string of the molecule is O=C(NC1CCCCCCC1)c1ccccc1SCc1nnnn1-c1ccccc1. The van der Waals surface area contributed by atoms with Crippen molar-refractivity contribution < 1.29 is 4.79 Å². The number of carbonyl (C=O) groups excluding carboxylic acids is 1. The van der Waals surface area contributed by atoms with Crippen molar-refractivity contribution in [3.63, 3.8) is 0 Å². The van der Waals surface area contributed by atoms with E-state index in [4.69, 9.17) is 0 Å². The number of hydrogen-bond acceptors (Lipinski definition) is 5. The van der Waals surface area contributed by atoms with Crippen molar-refractivity contribution in [3.05, 3.63) is 66.0 Å². The van der Waals surface area contributed by atoms with Crippen LogP contribution in [0, 0.1) is 0 Å². The monoisotopic (exact) mass is 421 g/mol. The van der Waals surface area contributed by atoms with E-state index < -0.39 is 0 Å². The van der Waals surface area contributed by atoms with Gasteiger partial charge in [-0.2, -0.15) is 4.68 Å². The Bertz CT molecular complexity index is 951. The molecule has 1 amide bonds. The van der Waals surface area contributed by atoms with E-state index in [1.807, 2.05) is 54.6 Å². The number of tetrazole rings is 1. The average molecular weight is 422 g/mol. The number of nitrogens with one attached hydrogen (secondary N) is 1. The minimum atomic E-state index is 0.0197. The molecule has 6 nitrogen and oxygen atoms in total. The second-order valence-electron chi connectivity index (χ2n) is 7.64. The molecule has 7 heteroatoms. The fourth-order valence-electron chi connectivity index (χ4n) is 3.85. The third kappa shape index (κ3) is 5.27. The second kappa shape index (κ2) is 10.4. The van der Waals surface area contributed by atoms with Crippen LogP contribution in [0.5, 0.6) is 0 Å². The number of rotatable bonds is 6. The lowest BCUT2D eigenvalue weighted by molar-refractivity contribution is 0.0927. The summed E-state index contributed by atoms with van der Waals surface area (Å²) < 4.78 is 1.74. The summed E-state index contributed by atoms with van der Waals surface area (Å²) >= 11 is 1.59. The lowest BCUT2D eigenvalue weighted by atomic mass is 9.96. The Morgan fingerprint density at radius 1 is 0.967 bits per heavy atom. The van der Waals surface area contributed by atoms with Gasteiger partial charge < -0.3 is 5.32 Å². The molecule has 1 aliphatic rings. The lowest BCUT2D eigenvalue weighted by Crippen LogP contribution is -2.35. The summed E-state index contributed by atoms with van der Waals surface area (Å²) in [5, 5.41) is 15.4. The van der Waals surface area contributed by atoms with Crippen molar-refractivity contribution in [1.82, 2.24) is 25.5 Å². The molecule has 0 spiro atoms. The van der Waals surface area contributed by atoms with E-state index in [0.29, 0.717) is 5.75 Å². The zero-order valence-corrected chi connectivity index (χ0v) is 17.9. The minimum absolute atomic E-state index is 0.0197. The van der Waals surface area contributed by atoms with Crippen LogP contribution < -0.4 is 5.32 Å². The van der Waals surface area contributed by atoms with Gasteiger partial charge in [-0.15, -0.1) is 16.9 Å². The molecule has 1 saturated carbocycles. The third-order valence-electron chi connectivity index (χ3n) is 5.46. The number of amides is 1. The molecule has 0 bridgehead atoms. The Labute approximate surface area is 181 Å². The van der Waals surface area contributed by atoms with Gasteiger partial charge >= 0.3 is 0 Å². The van der Waals surface area contributed by atoms with Crippen LogP contribution in [0.2, 0.25) is 0 Å². The fraction of sp³-hybridized carbons (Fsp3) is 0.391. The van der Waals surface area contributed by atoms with E-state index in [-0.39, 0.29) is 11.9 Å². The highest BCUT2D eigenvalue weighted by Crippen LogP contribution is 2.27. The van der Waals surface area contributed by atoms with Crippen LogP contribution in [0.4, 0.5) is 0 Å². The van der Waals surface area contributed by atoms with Gasteiger partial charge in [0.1, 0.15) is 0 Å². The van der Waals surface area contributed by atoms with E-state index >= 15 is 0 Å². The normalized spacial score (nSPS) is 15.3. The largest absolute Gasteiger partial charge is 0.349 e. The molecule has 0 saturated heterocycles. The van der Waals surface area contributed by atoms with Gasteiger partial charge in [0.25, 0.3) is 5.91 Å². The molecule has 2 aromatic carbocycles. The van der Waals surface area contributed by atoms with Crippen molar-refractivity contribution in [2.24, 2.45) is 0 Å². The Hall–Kier alpha value is -2.67. The molecule has 1 N–H and O–H groups in total. The molecular formula is C23H27N5OS. The summed E-state index contributed by atoms with van der Waals surface area (Å²) in [5.74, 6) is 1.35. The van der Waals surface area contributed by atoms with Crippen LogP contribution in [-0.2, 0) is 5.75 Å². The molecule has 0 radical (unpaired) electrons. The number of hydrogen-bond donors (Lipinski definition) is 1. The smallest absolute Gasteiger partial charge is 0.252 e. The average Bonchev–Trinajstić information content (AvgIpc) is 3.23. The minimum Gasteiger partial charge on any atom is -0.349 e. The van der Waals surface area contributed by atoms with Gasteiger partial charge in [0.05, 0.1) is 17.0 Å². The van der Waals surface area contributed by atoms with E-state index in [1.54, 1.807) is 16.4 Å². The fourth-order valence-corrected chi connectivity index (χ4v) is 4.81. The van der Waals surface area contributed by atoms with Crippen LogP contribution in [0.1, 0.15) is 61.1 Å². The molecule has 1 aliphatic carbocycles. The summed E-state index contributed by atoms with van der Waals surface area (Å²) in [5.41, 5.74) is 1.65. The Morgan fingerprint density at radius 2 is 1.67 bits per heavy atom. The number of thioether (sulfide) groups is 1. The molecule has 0 atom stereocenters. The number of nitrogens with zero attached hydrogens (tertiary/aromatic N) is 4. The summed E-state index contributed by atoms with van der Waals surface area (Å²) in [6.07, 6.45) is 8.42. The van der Waals surface area contributed by atoms with E-state index in [2.05, 4.69) is 20.8 Å². The first-order valence-electron chi connectivity index (χ1n) is 10.7. The highest BCUT2D eigenvalue weighted by Gasteiger charge is 2.18. The predicted molar refractivity (Wildman–Crippen MR) is 119 cm³/mol. The molecular weight excluding hydrogens is 394 g/mol. The highest BCUT2D eigenvalue weighted by atomic mass is 32.2. The molecule has 1 fully saturated rings. The number of para-hydroxylation sites is 1. The molecule has 3 aromatic rings. The molecule has 0 unspecified atom stereocenters. The summed E-state index contributed by atoms with van der Waals surface area (Å²) in [7, 11) is 0. The summed E-state index contributed by atoms with van der Waals surface area (Å²) in [6, 6.07) is 17.9. The van der Waals surface area contributed by atoms with Gasteiger partial charge in [-0.3, -0.25) is 4.79 Å². The quantitative estimate of drug-likeness (QED) is 0.579. The molecule has 30 heavy (non-hydrogen) atoms. The van der Waals surface area contributed by atoms with E-state index in [1.165, 1.54) is 32.1 Å². The first-order chi connectivity index (χ1) is 14.8. The van der Waals surface area contributed by atoms with E-state index in [0.717, 1.165) is 34.8 Å². The van der Waals surface area contributed by atoms with E-state index in [9.17, 15) is 4.79 Å². The number of aromatic nitrogens is 4. The molecule has 4 rings (SSSR count). The van der Waals surface area contributed by atoms with Crippen LogP contribution in [-0.4, -0.2) is 32.2 Å². The van der Waals surface area contributed by atoms with Gasteiger partial charge in [-0.05, 0) is 47.5 Å². The topological polar surface area (TPSA) is 72.7 Å². The van der Waals surface area contributed by atoms with Gasteiger partial charge in [0, 0.05) is 10.9 Å². The van der Waals surface area contributed by atoms with Crippen molar-refractivity contribution in [1.29, 1.82) is 0 Å². The van der Waals surface area contributed by atoms with Crippen LogP contribution in [0.25, 0.3) is 5.69 Å². The van der Waals surface area contributed by atoms with Gasteiger partial charge in [-0.25, -0.2) is 0 Å². The Kier molecular flexibility index (Phi) is 7.13. The van der Waals surface area contributed by atoms with Crippen molar-refractivity contribution in [3.8, 4) is 5.69 Å². The van der Waals surface area contributed by atoms with Crippen LogP contribution in [0.3, 0.4) is 0 Å². The first-order valence-corrected chi connectivity index (χ1v) is 11.7. The molecule has 0 aliphatic heterocycles. The summed E-state index contributed by atoms with van der Waals surface area (Å²) in [4.78, 5) is 14.0.